The lowest BCUT2D eigenvalue weighted by molar-refractivity contribution is -0.120. The Labute approximate surface area is 96.6 Å². The van der Waals surface area contributed by atoms with E-state index in [1.54, 1.807) is 7.11 Å². The van der Waals surface area contributed by atoms with Crippen LogP contribution in [0.5, 0.6) is 0 Å². The third-order valence-corrected chi connectivity index (χ3v) is 3.79. The van der Waals surface area contributed by atoms with Crippen molar-refractivity contribution in [1.82, 2.24) is 4.72 Å². The van der Waals surface area contributed by atoms with Crippen LogP contribution in [0.4, 0.5) is 0 Å². The Balaban J connectivity index is 4.16. The van der Waals surface area contributed by atoms with Crippen molar-refractivity contribution >= 4 is 15.9 Å². The summed E-state index contributed by atoms with van der Waals surface area (Å²) >= 11 is 0. The summed E-state index contributed by atoms with van der Waals surface area (Å²) in [4.78, 5) is 11.4. The standard InChI is InChI=1S/C9H20N2O4S/c1-7(2)16(13,14)11-9(12)8(10)5-4-6-15-3/h7-8H,4-6,10H2,1-3H3,(H,11,12). The Morgan fingerprint density at radius 2 is 2.00 bits per heavy atom. The fourth-order valence-electron chi connectivity index (χ4n) is 0.912. The number of carbonyl (C=O) groups is 1. The molecule has 7 heteroatoms. The second kappa shape index (κ2) is 6.82. The molecule has 6 nitrogen and oxygen atoms in total. The van der Waals surface area contributed by atoms with Gasteiger partial charge in [-0.2, -0.15) is 0 Å². The number of hydrogen-bond donors (Lipinski definition) is 2. The van der Waals surface area contributed by atoms with Gasteiger partial charge in [0.1, 0.15) is 0 Å². The van der Waals surface area contributed by atoms with Gasteiger partial charge in [-0.3, -0.25) is 9.52 Å². The van der Waals surface area contributed by atoms with E-state index in [9.17, 15) is 13.2 Å². The fraction of sp³-hybridized carbons (Fsp3) is 0.889. The van der Waals surface area contributed by atoms with E-state index in [1.165, 1.54) is 13.8 Å². The molecule has 16 heavy (non-hydrogen) atoms. The molecule has 0 heterocycles. The highest BCUT2D eigenvalue weighted by Gasteiger charge is 2.22. The molecule has 0 fully saturated rings. The number of carbonyl (C=O) groups excluding carboxylic acids is 1. The van der Waals surface area contributed by atoms with Crippen LogP contribution in [0.3, 0.4) is 0 Å². The Morgan fingerprint density at radius 1 is 1.44 bits per heavy atom. The van der Waals surface area contributed by atoms with Crippen LogP contribution in [0, 0.1) is 0 Å². The van der Waals surface area contributed by atoms with E-state index in [0.29, 0.717) is 19.4 Å². The van der Waals surface area contributed by atoms with E-state index in [0.717, 1.165) is 0 Å². The number of sulfonamides is 1. The van der Waals surface area contributed by atoms with Crippen molar-refractivity contribution in [2.45, 2.75) is 38.0 Å². The summed E-state index contributed by atoms with van der Waals surface area (Å²) in [5.74, 6) is -0.662. The minimum Gasteiger partial charge on any atom is -0.385 e. The minimum absolute atomic E-state index is 0.396. The molecule has 1 atom stereocenters. The second-order valence-corrected chi connectivity index (χ2v) is 6.04. The number of rotatable bonds is 7. The second-order valence-electron chi connectivity index (χ2n) is 3.80. The summed E-state index contributed by atoms with van der Waals surface area (Å²) in [6, 6.07) is -0.816. The van der Waals surface area contributed by atoms with Crippen LogP contribution in [0.1, 0.15) is 26.7 Å². The van der Waals surface area contributed by atoms with Crippen molar-refractivity contribution in [2.75, 3.05) is 13.7 Å². The predicted octanol–water partition coefficient (Wildman–Crippen LogP) is -0.405. The third-order valence-electron chi connectivity index (χ3n) is 2.06. The van der Waals surface area contributed by atoms with Crippen LogP contribution in [-0.2, 0) is 19.6 Å². The molecule has 0 aromatic heterocycles. The van der Waals surface area contributed by atoms with Crippen molar-refractivity contribution < 1.29 is 17.9 Å². The van der Waals surface area contributed by atoms with Crippen molar-refractivity contribution in [1.29, 1.82) is 0 Å². The van der Waals surface area contributed by atoms with Crippen LogP contribution in [0.15, 0.2) is 0 Å². The molecule has 0 aromatic carbocycles. The van der Waals surface area contributed by atoms with Gasteiger partial charge in [0.15, 0.2) is 0 Å². The number of amides is 1. The summed E-state index contributed by atoms with van der Waals surface area (Å²) in [6.45, 7) is 3.48. The fourth-order valence-corrected chi connectivity index (χ4v) is 1.58. The molecule has 1 amide bonds. The first-order valence-electron chi connectivity index (χ1n) is 5.11. The van der Waals surface area contributed by atoms with E-state index in [1.807, 2.05) is 4.72 Å². The van der Waals surface area contributed by atoms with Gasteiger partial charge < -0.3 is 10.5 Å². The Hall–Kier alpha value is -0.660. The number of nitrogens with two attached hydrogens (primary N) is 1. The van der Waals surface area contributed by atoms with Gasteiger partial charge in [-0.25, -0.2) is 8.42 Å². The molecule has 0 saturated heterocycles. The van der Waals surface area contributed by atoms with Crippen LogP contribution in [-0.4, -0.2) is 39.3 Å². The molecule has 3 N–H and O–H groups in total. The van der Waals surface area contributed by atoms with Crippen molar-refractivity contribution in [3.8, 4) is 0 Å². The summed E-state index contributed by atoms with van der Waals surface area (Å²) in [6.07, 6.45) is 1.01. The average Bonchev–Trinajstić information content (AvgIpc) is 2.17. The largest absolute Gasteiger partial charge is 0.385 e. The maximum atomic E-state index is 11.4. The highest BCUT2D eigenvalue weighted by atomic mass is 32.2. The monoisotopic (exact) mass is 252 g/mol. The average molecular weight is 252 g/mol. The van der Waals surface area contributed by atoms with E-state index in [-0.39, 0.29) is 0 Å². The van der Waals surface area contributed by atoms with Crippen molar-refractivity contribution in [3.05, 3.63) is 0 Å². The molecular formula is C9H20N2O4S. The third kappa shape index (κ3) is 5.43. The first kappa shape index (κ1) is 15.3. The smallest absolute Gasteiger partial charge is 0.250 e. The molecule has 0 aliphatic rings. The summed E-state index contributed by atoms with van der Waals surface area (Å²) in [5.41, 5.74) is 5.53. The zero-order valence-corrected chi connectivity index (χ0v) is 10.7. The van der Waals surface area contributed by atoms with E-state index < -0.39 is 27.2 Å². The van der Waals surface area contributed by atoms with Gasteiger partial charge in [0, 0.05) is 13.7 Å². The molecule has 0 rings (SSSR count). The van der Waals surface area contributed by atoms with Gasteiger partial charge in [-0.15, -0.1) is 0 Å². The summed E-state index contributed by atoms with van der Waals surface area (Å²) in [7, 11) is -2.03. The molecule has 0 aliphatic carbocycles. The van der Waals surface area contributed by atoms with Gasteiger partial charge in [-0.1, -0.05) is 0 Å². The Kier molecular flexibility index (Phi) is 6.54. The van der Waals surface area contributed by atoms with E-state index in [2.05, 4.69) is 0 Å². The summed E-state index contributed by atoms with van der Waals surface area (Å²) < 4.78 is 29.5. The molecule has 0 saturated carbocycles. The first-order chi connectivity index (χ1) is 7.31. The van der Waals surface area contributed by atoms with E-state index >= 15 is 0 Å². The number of ether oxygens (including phenoxy) is 1. The van der Waals surface area contributed by atoms with Gasteiger partial charge in [0.05, 0.1) is 11.3 Å². The first-order valence-corrected chi connectivity index (χ1v) is 6.66. The molecule has 1 unspecified atom stereocenters. The molecule has 0 bridgehead atoms. The lowest BCUT2D eigenvalue weighted by atomic mass is 10.2. The van der Waals surface area contributed by atoms with Gasteiger partial charge in [-0.05, 0) is 26.7 Å². The van der Waals surface area contributed by atoms with Crippen LogP contribution < -0.4 is 10.5 Å². The highest BCUT2D eigenvalue weighted by Crippen LogP contribution is 1.99. The zero-order valence-electron chi connectivity index (χ0n) is 9.89. The lowest BCUT2D eigenvalue weighted by Crippen LogP contribution is -2.45. The van der Waals surface area contributed by atoms with Gasteiger partial charge >= 0.3 is 0 Å². The lowest BCUT2D eigenvalue weighted by Gasteiger charge is -2.13. The number of hydrogen-bond acceptors (Lipinski definition) is 5. The molecule has 96 valence electrons. The summed E-state index contributed by atoms with van der Waals surface area (Å²) in [5, 5.41) is -0.650. The predicted molar refractivity (Wildman–Crippen MR) is 61.3 cm³/mol. The molecule has 0 radical (unpaired) electrons. The van der Waals surface area contributed by atoms with Crippen LogP contribution in [0.2, 0.25) is 0 Å². The SMILES string of the molecule is COCCCC(N)C(=O)NS(=O)(=O)C(C)C. The topological polar surface area (TPSA) is 98.5 Å². The molecular weight excluding hydrogens is 232 g/mol. The molecule has 0 aromatic rings. The minimum atomic E-state index is -3.58. The van der Waals surface area contributed by atoms with Crippen molar-refractivity contribution in [3.63, 3.8) is 0 Å². The van der Waals surface area contributed by atoms with Crippen molar-refractivity contribution in [2.24, 2.45) is 5.73 Å². The Morgan fingerprint density at radius 3 is 2.44 bits per heavy atom. The van der Waals surface area contributed by atoms with E-state index in [4.69, 9.17) is 10.5 Å². The zero-order chi connectivity index (χ0) is 12.8. The Bertz CT molecular complexity index is 313. The highest BCUT2D eigenvalue weighted by molar-refractivity contribution is 7.90. The molecule has 0 aliphatic heterocycles. The maximum Gasteiger partial charge on any atom is 0.250 e. The molecule has 0 spiro atoms. The number of nitrogens with one attached hydrogen (secondary N) is 1. The quantitative estimate of drug-likeness (QED) is 0.600. The van der Waals surface area contributed by atoms with Gasteiger partial charge in [0.2, 0.25) is 15.9 Å². The van der Waals surface area contributed by atoms with Gasteiger partial charge in [0.25, 0.3) is 0 Å². The maximum absolute atomic E-state index is 11.4. The van der Waals surface area contributed by atoms with Crippen LogP contribution >= 0.6 is 0 Å². The normalized spacial score (nSPS) is 13.8. The number of methoxy groups -OCH3 is 1. The van der Waals surface area contributed by atoms with Crippen LogP contribution in [0.25, 0.3) is 0 Å².